The Morgan fingerprint density at radius 3 is 2.93 bits per heavy atom. The fraction of sp³-hybridized carbons (Fsp3) is 0.333. The van der Waals surface area contributed by atoms with Crippen molar-refractivity contribution in [2.45, 2.75) is 12.8 Å². The Kier molecular flexibility index (Phi) is 3.17. The van der Waals surface area contributed by atoms with Crippen molar-refractivity contribution in [3.63, 3.8) is 0 Å². The van der Waals surface area contributed by atoms with Crippen LogP contribution in [0.4, 0.5) is 0 Å². The average molecular weight is 272 g/mol. The summed E-state index contributed by atoms with van der Waals surface area (Å²) in [5, 5.41) is 3.82. The predicted octanol–water partition coefficient (Wildman–Crippen LogP) is 1.98. The Morgan fingerprint density at radius 1 is 1.40 bits per heavy atom. The SMILES string of the molecule is NCCCc1noc(-c2ccc(Br)o2)n1. The highest BCUT2D eigenvalue weighted by Gasteiger charge is 2.11. The number of nitrogens with two attached hydrogens (primary N) is 1. The van der Waals surface area contributed by atoms with Gasteiger partial charge in [-0.25, -0.2) is 0 Å². The second-order valence-corrected chi connectivity index (χ2v) is 3.79. The molecule has 5 nitrogen and oxygen atoms in total. The molecule has 0 aliphatic carbocycles. The number of nitrogens with zero attached hydrogens (tertiary/aromatic N) is 2. The monoisotopic (exact) mass is 271 g/mol. The molecule has 0 amide bonds. The zero-order chi connectivity index (χ0) is 10.7. The first-order valence-corrected chi connectivity index (χ1v) is 5.37. The zero-order valence-electron chi connectivity index (χ0n) is 7.94. The van der Waals surface area contributed by atoms with Crippen molar-refractivity contribution in [3.05, 3.63) is 22.6 Å². The van der Waals surface area contributed by atoms with Crippen molar-refractivity contribution >= 4 is 15.9 Å². The van der Waals surface area contributed by atoms with Crippen LogP contribution in [-0.2, 0) is 6.42 Å². The van der Waals surface area contributed by atoms with Gasteiger partial charge in [0.05, 0.1) is 0 Å². The number of hydrogen-bond donors (Lipinski definition) is 1. The standard InChI is InChI=1S/C9H10BrN3O2/c10-7-4-3-6(14-7)9-12-8(13-15-9)2-1-5-11/h3-4H,1-2,5,11H2. The molecule has 0 unspecified atom stereocenters. The van der Waals surface area contributed by atoms with Gasteiger partial charge in [0.25, 0.3) is 5.89 Å². The molecule has 0 saturated carbocycles. The molecule has 2 aromatic rings. The summed E-state index contributed by atoms with van der Waals surface area (Å²) in [7, 11) is 0. The number of aryl methyl sites for hydroxylation is 1. The van der Waals surface area contributed by atoms with E-state index in [1.165, 1.54) is 0 Å². The smallest absolute Gasteiger partial charge is 0.293 e. The minimum atomic E-state index is 0.396. The molecular weight excluding hydrogens is 262 g/mol. The normalized spacial score (nSPS) is 10.8. The molecule has 2 rings (SSSR count). The molecule has 80 valence electrons. The molecule has 0 bridgehead atoms. The second-order valence-electron chi connectivity index (χ2n) is 3.01. The number of halogens is 1. The van der Waals surface area contributed by atoms with Crippen LogP contribution in [-0.4, -0.2) is 16.7 Å². The van der Waals surface area contributed by atoms with E-state index < -0.39 is 0 Å². The largest absolute Gasteiger partial charge is 0.444 e. The molecule has 0 aliphatic heterocycles. The van der Waals surface area contributed by atoms with E-state index in [0.29, 0.717) is 28.7 Å². The van der Waals surface area contributed by atoms with Gasteiger partial charge in [0, 0.05) is 6.42 Å². The van der Waals surface area contributed by atoms with E-state index in [1.807, 2.05) is 0 Å². The molecular formula is C9H10BrN3O2. The third-order valence-electron chi connectivity index (χ3n) is 1.86. The van der Waals surface area contributed by atoms with Crippen LogP contribution in [0, 0.1) is 0 Å². The lowest BCUT2D eigenvalue weighted by atomic mass is 10.3. The quantitative estimate of drug-likeness (QED) is 0.920. The fourth-order valence-corrected chi connectivity index (χ4v) is 1.45. The lowest BCUT2D eigenvalue weighted by molar-refractivity contribution is 0.406. The summed E-state index contributed by atoms with van der Waals surface area (Å²) in [5.41, 5.74) is 5.39. The number of hydrogen-bond acceptors (Lipinski definition) is 5. The van der Waals surface area contributed by atoms with E-state index in [0.717, 1.165) is 12.8 Å². The maximum Gasteiger partial charge on any atom is 0.293 e. The van der Waals surface area contributed by atoms with E-state index in [9.17, 15) is 0 Å². The molecule has 2 aromatic heterocycles. The highest BCUT2D eigenvalue weighted by Crippen LogP contribution is 2.23. The summed E-state index contributed by atoms with van der Waals surface area (Å²) >= 11 is 3.21. The van der Waals surface area contributed by atoms with Crippen LogP contribution < -0.4 is 5.73 Å². The number of furan rings is 1. The molecule has 6 heteroatoms. The van der Waals surface area contributed by atoms with Gasteiger partial charge in [-0.2, -0.15) is 4.98 Å². The van der Waals surface area contributed by atoms with E-state index in [1.54, 1.807) is 12.1 Å². The van der Waals surface area contributed by atoms with Gasteiger partial charge in [0.15, 0.2) is 16.3 Å². The lowest BCUT2D eigenvalue weighted by Crippen LogP contribution is -2.01. The van der Waals surface area contributed by atoms with Crippen molar-refractivity contribution in [1.29, 1.82) is 0 Å². The molecule has 2 heterocycles. The van der Waals surface area contributed by atoms with Gasteiger partial charge in [0.2, 0.25) is 0 Å². The highest BCUT2D eigenvalue weighted by molar-refractivity contribution is 9.10. The zero-order valence-corrected chi connectivity index (χ0v) is 9.53. The Labute approximate surface area is 94.8 Å². The molecule has 15 heavy (non-hydrogen) atoms. The molecule has 0 fully saturated rings. The Morgan fingerprint density at radius 2 is 2.27 bits per heavy atom. The summed E-state index contributed by atoms with van der Waals surface area (Å²) < 4.78 is 11.0. The van der Waals surface area contributed by atoms with Gasteiger partial charge >= 0.3 is 0 Å². The Balaban J connectivity index is 2.13. The molecule has 2 N–H and O–H groups in total. The molecule has 0 aromatic carbocycles. The van der Waals surface area contributed by atoms with Crippen LogP contribution in [0.1, 0.15) is 12.2 Å². The van der Waals surface area contributed by atoms with Crippen molar-refractivity contribution in [3.8, 4) is 11.7 Å². The fourth-order valence-electron chi connectivity index (χ4n) is 1.14. The predicted molar refractivity (Wildman–Crippen MR) is 57.1 cm³/mol. The van der Waals surface area contributed by atoms with Crippen LogP contribution >= 0.6 is 15.9 Å². The molecule has 0 atom stereocenters. The van der Waals surface area contributed by atoms with Gasteiger partial charge in [-0.05, 0) is 41.0 Å². The number of aromatic nitrogens is 2. The van der Waals surface area contributed by atoms with Gasteiger partial charge in [-0.3, -0.25) is 0 Å². The van der Waals surface area contributed by atoms with Gasteiger partial charge in [-0.1, -0.05) is 5.16 Å². The minimum Gasteiger partial charge on any atom is -0.444 e. The summed E-state index contributed by atoms with van der Waals surface area (Å²) in [5.74, 6) is 1.61. The lowest BCUT2D eigenvalue weighted by Gasteiger charge is -1.88. The minimum absolute atomic E-state index is 0.396. The van der Waals surface area contributed by atoms with E-state index >= 15 is 0 Å². The van der Waals surface area contributed by atoms with Crippen LogP contribution in [0.25, 0.3) is 11.7 Å². The summed E-state index contributed by atoms with van der Waals surface area (Å²) in [6.07, 6.45) is 1.57. The maximum atomic E-state index is 5.39. The van der Waals surface area contributed by atoms with Crippen molar-refractivity contribution in [2.24, 2.45) is 5.73 Å². The molecule has 0 aliphatic rings. The first-order valence-electron chi connectivity index (χ1n) is 4.58. The summed E-state index contributed by atoms with van der Waals surface area (Å²) in [4.78, 5) is 4.18. The average Bonchev–Trinajstić information content (AvgIpc) is 2.83. The Hall–Kier alpha value is -1.14. The van der Waals surface area contributed by atoms with Crippen molar-refractivity contribution in [2.75, 3.05) is 6.54 Å². The number of rotatable bonds is 4. The third-order valence-corrected chi connectivity index (χ3v) is 2.28. The van der Waals surface area contributed by atoms with Crippen LogP contribution in [0.2, 0.25) is 0 Å². The van der Waals surface area contributed by atoms with Crippen molar-refractivity contribution in [1.82, 2.24) is 10.1 Å². The first kappa shape index (κ1) is 10.4. The van der Waals surface area contributed by atoms with Gasteiger partial charge < -0.3 is 14.7 Å². The third kappa shape index (κ3) is 2.45. The second kappa shape index (κ2) is 4.59. The van der Waals surface area contributed by atoms with E-state index in [4.69, 9.17) is 14.7 Å². The van der Waals surface area contributed by atoms with Crippen LogP contribution in [0.5, 0.6) is 0 Å². The topological polar surface area (TPSA) is 78.1 Å². The molecule has 0 radical (unpaired) electrons. The first-order chi connectivity index (χ1) is 7.29. The summed E-state index contributed by atoms with van der Waals surface area (Å²) in [6, 6.07) is 3.55. The van der Waals surface area contributed by atoms with Crippen molar-refractivity contribution < 1.29 is 8.94 Å². The highest BCUT2D eigenvalue weighted by atomic mass is 79.9. The maximum absolute atomic E-state index is 5.39. The summed E-state index contributed by atoms with van der Waals surface area (Å²) in [6.45, 7) is 0.621. The molecule has 0 spiro atoms. The van der Waals surface area contributed by atoms with E-state index in [2.05, 4.69) is 26.1 Å². The van der Waals surface area contributed by atoms with Crippen LogP contribution in [0.3, 0.4) is 0 Å². The van der Waals surface area contributed by atoms with Crippen LogP contribution in [0.15, 0.2) is 25.7 Å². The van der Waals surface area contributed by atoms with E-state index in [-0.39, 0.29) is 0 Å². The van der Waals surface area contributed by atoms with Gasteiger partial charge in [-0.15, -0.1) is 0 Å². The molecule has 0 saturated heterocycles. The van der Waals surface area contributed by atoms with Gasteiger partial charge in [0.1, 0.15) is 0 Å². The Bertz CT molecular complexity index is 438.